The van der Waals surface area contributed by atoms with Crippen molar-refractivity contribution in [3.8, 4) is 0 Å². The number of hydrogen-bond donors (Lipinski definition) is 2. The van der Waals surface area contributed by atoms with Crippen molar-refractivity contribution in [2.45, 2.75) is 31.2 Å². The highest BCUT2D eigenvalue weighted by Crippen LogP contribution is 2.24. The van der Waals surface area contributed by atoms with Gasteiger partial charge in [-0.15, -0.1) is 11.3 Å². The zero-order valence-corrected chi connectivity index (χ0v) is 10.4. The molecule has 2 heterocycles. The Labute approximate surface area is 110 Å². The first kappa shape index (κ1) is 14.2. The van der Waals surface area contributed by atoms with Crippen LogP contribution in [0.4, 0.5) is 22.7 Å². The van der Waals surface area contributed by atoms with Gasteiger partial charge in [-0.05, 0) is 0 Å². The molecule has 19 heavy (non-hydrogen) atoms. The number of alkyl halides is 4. The molecule has 1 aromatic heterocycles. The molecule has 0 bridgehead atoms. The summed E-state index contributed by atoms with van der Waals surface area (Å²) in [7, 11) is 0. The minimum Gasteiger partial charge on any atom is -0.303 e. The van der Waals surface area contributed by atoms with Gasteiger partial charge in [-0.2, -0.15) is 13.2 Å². The SMILES string of the molecule is O=C(Nc1nc(CC(F)(F)F)cs1)[C@@H]1C[C@@H](F)CN1. The Morgan fingerprint density at radius 1 is 1.58 bits per heavy atom. The van der Waals surface area contributed by atoms with E-state index in [1.807, 2.05) is 0 Å². The highest BCUT2D eigenvalue weighted by molar-refractivity contribution is 7.13. The number of halogens is 4. The van der Waals surface area contributed by atoms with Gasteiger partial charge in [0, 0.05) is 18.3 Å². The molecular weight excluding hydrogens is 286 g/mol. The molecule has 4 nitrogen and oxygen atoms in total. The summed E-state index contributed by atoms with van der Waals surface area (Å²) < 4.78 is 49.3. The van der Waals surface area contributed by atoms with Crippen LogP contribution in [0.25, 0.3) is 0 Å². The van der Waals surface area contributed by atoms with Crippen LogP contribution >= 0.6 is 11.3 Å². The van der Waals surface area contributed by atoms with Crippen molar-refractivity contribution >= 4 is 22.4 Å². The first-order chi connectivity index (χ1) is 8.83. The van der Waals surface area contributed by atoms with E-state index in [4.69, 9.17) is 0 Å². The molecule has 1 amide bonds. The van der Waals surface area contributed by atoms with Gasteiger partial charge in [0.2, 0.25) is 5.91 Å². The third-order valence-corrected chi connectivity index (χ3v) is 3.36. The zero-order valence-electron chi connectivity index (χ0n) is 9.63. The summed E-state index contributed by atoms with van der Waals surface area (Å²) in [6, 6.07) is -0.662. The maximum Gasteiger partial charge on any atom is 0.394 e. The molecule has 1 aromatic rings. The summed E-state index contributed by atoms with van der Waals surface area (Å²) in [6.45, 7) is 0.106. The summed E-state index contributed by atoms with van der Waals surface area (Å²) in [5, 5.41) is 6.39. The largest absolute Gasteiger partial charge is 0.394 e. The Bertz CT molecular complexity index is 462. The summed E-state index contributed by atoms with van der Waals surface area (Å²) >= 11 is 0.914. The second kappa shape index (κ2) is 5.41. The highest BCUT2D eigenvalue weighted by Gasteiger charge is 2.31. The number of hydrogen-bond acceptors (Lipinski definition) is 4. The third-order valence-electron chi connectivity index (χ3n) is 2.56. The van der Waals surface area contributed by atoms with Crippen molar-refractivity contribution in [3.63, 3.8) is 0 Å². The molecule has 0 unspecified atom stereocenters. The van der Waals surface area contributed by atoms with Gasteiger partial charge >= 0.3 is 6.18 Å². The lowest BCUT2D eigenvalue weighted by molar-refractivity contribution is -0.127. The van der Waals surface area contributed by atoms with Crippen molar-refractivity contribution in [2.75, 3.05) is 11.9 Å². The fourth-order valence-corrected chi connectivity index (χ4v) is 2.45. The number of aromatic nitrogens is 1. The van der Waals surface area contributed by atoms with Crippen LogP contribution < -0.4 is 10.6 Å². The molecule has 0 radical (unpaired) electrons. The maximum atomic E-state index is 12.9. The smallest absolute Gasteiger partial charge is 0.303 e. The van der Waals surface area contributed by atoms with E-state index < -0.39 is 30.7 Å². The fraction of sp³-hybridized carbons (Fsp3) is 0.600. The van der Waals surface area contributed by atoms with Crippen LogP contribution in [0.5, 0.6) is 0 Å². The minimum atomic E-state index is -4.33. The van der Waals surface area contributed by atoms with E-state index in [0.717, 1.165) is 11.3 Å². The van der Waals surface area contributed by atoms with E-state index in [1.165, 1.54) is 5.38 Å². The Hall–Kier alpha value is -1.22. The van der Waals surface area contributed by atoms with Gasteiger partial charge in [-0.3, -0.25) is 4.79 Å². The van der Waals surface area contributed by atoms with Crippen molar-refractivity contribution in [1.29, 1.82) is 0 Å². The molecular formula is C10H11F4N3OS. The van der Waals surface area contributed by atoms with Gasteiger partial charge < -0.3 is 10.6 Å². The van der Waals surface area contributed by atoms with Crippen LogP contribution in [0.3, 0.4) is 0 Å². The first-order valence-corrected chi connectivity index (χ1v) is 6.41. The summed E-state index contributed by atoms with van der Waals surface area (Å²) in [5.74, 6) is -0.479. The Balaban J connectivity index is 1.91. The van der Waals surface area contributed by atoms with Crippen molar-refractivity contribution in [3.05, 3.63) is 11.1 Å². The van der Waals surface area contributed by atoms with Gasteiger partial charge in [0.25, 0.3) is 0 Å². The molecule has 2 rings (SSSR count). The Morgan fingerprint density at radius 2 is 2.32 bits per heavy atom. The standard InChI is InChI=1S/C10H11F4N3OS/c11-5-1-7(15-3-5)8(18)17-9-16-6(4-19-9)2-10(12,13)14/h4-5,7,15H,1-3H2,(H,16,17,18)/t5-,7+/m1/s1. The highest BCUT2D eigenvalue weighted by atomic mass is 32.1. The van der Waals surface area contributed by atoms with E-state index in [2.05, 4.69) is 15.6 Å². The Morgan fingerprint density at radius 3 is 2.89 bits per heavy atom. The van der Waals surface area contributed by atoms with E-state index in [9.17, 15) is 22.4 Å². The lowest BCUT2D eigenvalue weighted by atomic mass is 10.2. The number of anilines is 1. The van der Waals surface area contributed by atoms with Crippen LogP contribution in [0.2, 0.25) is 0 Å². The molecule has 2 N–H and O–H groups in total. The third kappa shape index (κ3) is 4.13. The van der Waals surface area contributed by atoms with E-state index in [-0.39, 0.29) is 23.8 Å². The predicted octanol–water partition coefficient (Wildman–Crippen LogP) is 1.89. The van der Waals surface area contributed by atoms with Crippen molar-refractivity contribution < 1.29 is 22.4 Å². The minimum absolute atomic E-state index is 0.0621. The normalized spacial score (nSPS) is 23.6. The average molecular weight is 297 g/mol. The van der Waals surface area contributed by atoms with E-state index >= 15 is 0 Å². The van der Waals surface area contributed by atoms with Crippen molar-refractivity contribution in [2.24, 2.45) is 0 Å². The van der Waals surface area contributed by atoms with Crippen LogP contribution in [0, 0.1) is 0 Å². The number of nitrogens with one attached hydrogen (secondary N) is 2. The van der Waals surface area contributed by atoms with Crippen LogP contribution in [0.1, 0.15) is 12.1 Å². The molecule has 9 heteroatoms. The van der Waals surface area contributed by atoms with Gasteiger partial charge in [0.05, 0.1) is 18.2 Å². The molecule has 1 aliphatic rings. The van der Waals surface area contributed by atoms with Crippen LogP contribution in [0.15, 0.2) is 5.38 Å². The maximum absolute atomic E-state index is 12.9. The number of rotatable bonds is 3. The molecule has 106 valence electrons. The first-order valence-electron chi connectivity index (χ1n) is 5.53. The number of amides is 1. The molecule has 0 aliphatic carbocycles. The number of carbonyl (C=O) groups is 1. The molecule has 2 atom stereocenters. The second-order valence-electron chi connectivity index (χ2n) is 4.22. The predicted molar refractivity (Wildman–Crippen MR) is 61.8 cm³/mol. The zero-order chi connectivity index (χ0) is 14.0. The topological polar surface area (TPSA) is 54.0 Å². The van der Waals surface area contributed by atoms with Gasteiger partial charge in [-0.25, -0.2) is 9.37 Å². The Kier molecular flexibility index (Phi) is 4.04. The lowest BCUT2D eigenvalue weighted by Gasteiger charge is -2.08. The van der Waals surface area contributed by atoms with E-state index in [0.29, 0.717) is 0 Å². The molecule has 1 aliphatic heterocycles. The number of carbonyl (C=O) groups excluding carboxylic acids is 1. The molecule has 1 saturated heterocycles. The van der Waals surface area contributed by atoms with E-state index in [1.54, 1.807) is 0 Å². The molecule has 0 aromatic carbocycles. The molecule has 1 fully saturated rings. The summed E-state index contributed by atoms with van der Waals surface area (Å²) in [5.41, 5.74) is -0.143. The van der Waals surface area contributed by atoms with Gasteiger partial charge in [0.15, 0.2) is 5.13 Å². The molecule has 0 saturated carbocycles. The number of nitrogens with zero attached hydrogens (tertiary/aromatic N) is 1. The summed E-state index contributed by atoms with van der Waals surface area (Å²) in [6.07, 6.45) is -6.47. The number of thiazole rings is 1. The van der Waals surface area contributed by atoms with Crippen LogP contribution in [-0.4, -0.2) is 35.8 Å². The monoisotopic (exact) mass is 297 g/mol. The lowest BCUT2D eigenvalue weighted by Crippen LogP contribution is -2.35. The van der Waals surface area contributed by atoms with Gasteiger partial charge in [0.1, 0.15) is 6.17 Å². The fourth-order valence-electron chi connectivity index (χ4n) is 1.74. The van der Waals surface area contributed by atoms with Crippen LogP contribution in [-0.2, 0) is 11.2 Å². The summed E-state index contributed by atoms with van der Waals surface area (Å²) in [4.78, 5) is 15.3. The quantitative estimate of drug-likeness (QED) is 0.838. The van der Waals surface area contributed by atoms with Gasteiger partial charge in [-0.1, -0.05) is 0 Å². The average Bonchev–Trinajstić information content (AvgIpc) is 2.85. The van der Waals surface area contributed by atoms with Crippen molar-refractivity contribution in [1.82, 2.24) is 10.3 Å². The molecule has 0 spiro atoms. The second-order valence-corrected chi connectivity index (χ2v) is 5.08.